The van der Waals surface area contributed by atoms with Crippen LogP contribution in [0.1, 0.15) is 39.0 Å². The van der Waals surface area contributed by atoms with Crippen LogP contribution >= 0.6 is 0 Å². The predicted octanol–water partition coefficient (Wildman–Crippen LogP) is 3.45. The maximum atomic E-state index is 3.97. The molecular weight excluding hydrogens is 120 g/mol. The van der Waals surface area contributed by atoms with Gasteiger partial charge in [0.1, 0.15) is 0 Å². The Hall–Kier alpha value is -0.520. The molecule has 0 heterocycles. The van der Waals surface area contributed by atoms with Crippen molar-refractivity contribution in [2.75, 3.05) is 0 Å². The average molecular weight is 136 g/mol. The van der Waals surface area contributed by atoms with Crippen LogP contribution in [0.25, 0.3) is 0 Å². The van der Waals surface area contributed by atoms with Crippen molar-refractivity contribution in [2.45, 2.75) is 39.0 Å². The quantitative estimate of drug-likeness (QED) is 0.545. The summed E-state index contributed by atoms with van der Waals surface area (Å²) in [5, 5.41) is 0. The summed E-state index contributed by atoms with van der Waals surface area (Å²) in [6, 6.07) is 0. The predicted molar refractivity (Wildman–Crippen MR) is 46.0 cm³/mol. The summed E-state index contributed by atoms with van der Waals surface area (Å²) >= 11 is 0. The second kappa shape index (κ2) is 3.60. The third-order valence-electron chi connectivity index (χ3n) is 1.98. The lowest BCUT2D eigenvalue weighted by atomic mass is 9.94. The van der Waals surface area contributed by atoms with Crippen LogP contribution in [-0.2, 0) is 0 Å². The minimum absolute atomic E-state index is 1.22. The number of hydrogen-bond acceptors (Lipinski definition) is 0. The molecule has 0 N–H and O–H groups in total. The molecule has 1 aliphatic carbocycles. The summed E-state index contributed by atoms with van der Waals surface area (Å²) in [5.41, 5.74) is 2.94. The van der Waals surface area contributed by atoms with E-state index in [4.69, 9.17) is 0 Å². The number of hydrogen-bond donors (Lipinski definition) is 0. The van der Waals surface area contributed by atoms with Gasteiger partial charge in [-0.1, -0.05) is 37.1 Å². The minimum Gasteiger partial charge on any atom is -0.0958 e. The summed E-state index contributed by atoms with van der Waals surface area (Å²) in [6.07, 6.45) is 8.69. The van der Waals surface area contributed by atoms with Crippen LogP contribution in [-0.4, -0.2) is 0 Å². The first-order chi connectivity index (χ1) is 4.83. The second-order valence-corrected chi connectivity index (χ2v) is 3.06. The molecule has 0 amide bonds. The highest BCUT2D eigenvalue weighted by atomic mass is 14.1. The molecule has 0 saturated heterocycles. The Labute approximate surface area is 63.6 Å². The fourth-order valence-electron chi connectivity index (χ4n) is 1.49. The van der Waals surface area contributed by atoms with Gasteiger partial charge in [0.25, 0.3) is 0 Å². The van der Waals surface area contributed by atoms with Crippen molar-refractivity contribution in [3.05, 3.63) is 23.8 Å². The van der Waals surface area contributed by atoms with Gasteiger partial charge < -0.3 is 0 Å². The van der Waals surface area contributed by atoms with Crippen molar-refractivity contribution < 1.29 is 0 Å². The first-order valence-corrected chi connectivity index (χ1v) is 4.20. The smallest absolute Gasteiger partial charge is 0.0282 e. The molecule has 0 spiro atoms. The van der Waals surface area contributed by atoms with Gasteiger partial charge in [-0.25, -0.2) is 0 Å². The van der Waals surface area contributed by atoms with Gasteiger partial charge in [-0.05, 0) is 25.7 Å². The largest absolute Gasteiger partial charge is 0.0958 e. The summed E-state index contributed by atoms with van der Waals surface area (Å²) in [5.74, 6) is 0. The van der Waals surface area contributed by atoms with Crippen LogP contribution in [0.2, 0.25) is 0 Å². The zero-order valence-electron chi connectivity index (χ0n) is 6.82. The van der Waals surface area contributed by atoms with Crippen molar-refractivity contribution in [1.29, 1.82) is 0 Å². The van der Waals surface area contributed by atoms with Gasteiger partial charge in [-0.3, -0.25) is 0 Å². The molecular formula is C10H16. The molecule has 1 aliphatic rings. The van der Waals surface area contributed by atoms with E-state index in [0.717, 1.165) is 0 Å². The van der Waals surface area contributed by atoms with Crippen LogP contribution in [0.3, 0.4) is 0 Å². The van der Waals surface area contributed by atoms with Crippen molar-refractivity contribution in [3.8, 4) is 0 Å². The Bertz CT molecular complexity index is 151. The summed E-state index contributed by atoms with van der Waals surface area (Å²) in [6.45, 7) is 6.20. The molecule has 10 heavy (non-hydrogen) atoms. The van der Waals surface area contributed by atoms with Crippen molar-refractivity contribution in [1.82, 2.24) is 0 Å². The molecule has 0 aromatic rings. The highest BCUT2D eigenvalue weighted by Gasteiger charge is 2.03. The average Bonchev–Trinajstić information content (AvgIpc) is 1.88. The van der Waals surface area contributed by atoms with E-state index in [-0.39, 0.29) is 0 Å². The third-order valence-corrected chi connectivity index (χ3v) is 1.98. The first kappa shape index (κ1) is 7.59. The molecule has 0 unspecified atom stereocenters. The van der Waals surface area contributed by atoms with Gasteiger partial charge in [0.05, 0.1) is 0 Å². The maximum absolute atomic E-state index is 3.97. The van der Waals surface area contributed by atoms with E-state index in [1.807, 2.05) is 0 Å². The highest BCUT2D eigenvalue weighted by Crippen LogP contribution is 2.23. The normalized spacial score (nSPS) is 18.9. The Morgan fingerprint density at radius 1 is 1.50 bits per heavy atom. The van der Waals surface area contributed by atoms with Crippen molar-refractivity contribution in [3.63, 3.8) is 0 Å². The topological polar surface area (TPSA) is 0 Å². The molecule has 56 valence electrons. The highest BCUT2D eigenvalue weighted by molar-refractivity contribution is 5.24. The van der Waals surface area contributed by atoms with Gasteiger partial charge in [0.2, 0.25) is 0 Å². The van der Waals surface area contributed by atoms with Gasteiger partial charge in [0, 0.05) is 0 Å². The fourth-order valence-corrected chi connectivity index (χ4v) is 1.49. The number of allylic oxidation sites excluding steroid dienone is 3. The maximum Gasteiger partial charge on any atom is -0.0282 e. The van der Waals surface area contributed by atoms with Crippen molar-refractivity contribution in [2.24, 2.45) is 0 Å². The van der Waals surface area contributed by atoms with Gasteiger partial charge >= 0.3 is 0 Å². The van der Waals surface area contributed by atoms with Gasteiger partial charge in [-0.15, -0.1) is 0 Å². The Morgan fingerprint density at radius 2 is 2.30 bits per heavy atom. The molecule has 0 nitrogen and oxygen atoms in total. The van der Waals surface area contributed by atoms with Crippen LogP contribution in [0.5, 0.6) is 0 Å². The summed E-state index contributed by atoms with van der Waals surface area (Å²) in [4.78, 5) is 0. The van der Waals surface area contributed by atoms with E-state index >= 15 is 0 Å². The Kier molecular flexibility index (Phi) is 2.73. The minimum atomic E-state index is 1.22. The van der Waals surface area contributed by atoms with E-state index in [0.29, 0.717) is 0 Å². The molecule has 0 aromatic heterocycles. The van der Waals surface area contributed by atoms with Gasteiger partial charge in [-0.2, -0.15) is 0 Å². The fraction of sp³-hybridized carbons (Fsp3) is 0.600. The van der Waals surface area contributed by atoms with E-state index in [1.54, 1.807) is 5.57 Å². The molecule has 1 rings (SSSR count). The third kappa shape index (κ3) is 2.02. The first-order valence-electron chi connectivity index (χ1n) is 4.20. The molecule has 0 fully saturated rings. The van der Waals surface area contributed by atoms with E-state index in [2.05, 4.69) is 19.6 Å². The lowest BCUT2D eigenvalue weighted by Crippen LogP contribution is -1.93. The number of rotatable bonds is 2. The Morgan fingerprint density at radius 3 is 2.90 bits per heavy atom. The Balaban J connectivity index is 2.49. The molecule has 0 saturated carbocycles. The monoisotopic (exact) mass is 136 g/mol. The zero-order valence-corrected chi connectivity index (χ0v) is 6.82. The van der Waals surface area contributed by atoms with Crippen LogP contribution in [0.15, 0.2) is 23.8 Å². The van der Waals surface area contributed by atoms with Crippen molar-refractivity contribution >= 4 is 0 Å². The summed E-state index contributed by atoms with van der Waals surface area (Å²) in [7, 11) is 0. The SMILES string of the molecule is C=C1C=C(CCC)CCC1. The zero-order chi connectivity index (χ0) is 7.40. The lowest BCUT2D eigenvalue weighted by molar-refractivity contribution is 0.733. The molecule has 0 radical (unpaired) electrons. The molecule has 0 atom stereocenters. The van der Waals surface area contributed by atoms with Gasteiger partial charge in [0.15, 0.2) is 0 Å². The van der Waals surface area contributed by atoms with Crippen LogP contribution in [0, 0.1) is 0 Å². The van der Waals surface area contributed by atoms with E-state index in [9.17, 15) is 0 Å². The standard InChI is InChI=1S/C10H16/c1-3-5-10-7-4-6-9(2)8-10/h8H,2-7H2,1H3. The lowest BCUT2D eigenvalue weighted by Gasteiger charge is -2.12. The molecule has 0 aromatic carbocycles. The molecule has 0 heteroatoms. The summed E-state index contributed by atoms with van der Waals surface area (Å²) < 4.78 is 0. The second-order valence-electron chi connectivity index (χ2n) is 3.06. The molecule has 0 aliphatic heterocycles. The van der Waals surface area contributed by atoms with E-state index in [1.165, 1.54) is 37.7 Å². The van der Waals surface area contributed by atoms with Crippen LogP contribution in [0.4, 0.5) is 0 Å². The van der Waals surface area contributed by atoms with E-state index < -0.39 is 0 Å². The molecule has 0 bridgehead atoms. The van der Waals surface area contributed by atoms with Crippen LogP contribution < -0.4 is 0 Å².